The lowest BCUT2D eigenvalue weighted by Crippen LogP contribution is -2.49. The summed E-state index contributed by atoms with van der Waals surface area (Å²) in [5.74, 6) is 0.478. The van der Waals surface area contributed by atoms with Crippen LogP contribution in [0.25, 0.3) is 0 Å². The van der Waals surface area contributed by atoms with E-state index in [9.17, 15) is 9.59 Å². The van der Waals surface area contributed by atoms with Crippen LogP contribution in [0.3, 0.4) is 0 Å². The lowest BCUT2D eigenvalue weighted by Gasteiger charge is -2.23. The van der Waals surface area contributed by atoms with Crippen molar-refractivity contribution < 1.29 is 19.1 Å². The van der Waals surface area contributed by atoms with Crippen LogP contribution in [0.4, 0.5) is 0 Å². The molecule has 2 N–H and O–H groups in total. The Kier molecular flexibility index (Phi) is 9.19. The van der Waals surface area contributed by atoms with E-state index >= 15 is 0 Å². The van der Waals surface area contributed by atoms with Gasteiger partial charge in [0.05, 0.1) is 11.6 Å². The average molecular weight is 512 g/mol. The summed E-state index contributed by atoms with van der Waals surface area (Å²) in [6.45, 7) is 7.91. The van der Waals surface area contributed by atoms with E-state index in [1.165, 1.54) is 0 Å². The number of carbonyl (C=O) groups excluding carboxylic acids is 2. The molecule has 0 fully saturated rings. The van der Waals surface area contributed by atoms with Crippen molar-refractivity contribution in [2.45, 2.75) is 40.5 Å². The molecule has 0 spiro atoms. The molecule has 0 aliphatic rings. The van der Waals surface area contributed by atoms with Gasteiger partial charge in [-0.2, -0.15) is 0 Å². The predicted molar refractivity (Wildman–Crippen MR) is 125 cm³/mol. The van der Waals surface area contributed by atoms with Crippen molar-refractivity contribution in [1.29, 1.82) is 0 Å². The molecule has 31 heavy (non-hydrogen) atoms. The molecule has 0 radical (unpaired) electrons. The molecule has 0 saturated heterocycles. The summed E-state index contributed by atoms with van der Waals surface area (Å²) in [6, 6.07) is 11.2. The van der Waals surface area contributed by atoms with Gasteiger partial charge >= 0.3 is 0 Å². The fourth-order valence-electron chi connectivity index (χ4n) is 2.74. The number of aryl methyl sites for hydroxylation is 2. The first-order chi connectivity index (χ1) is 14.6. The van der Waals surface area contributed by atoms with E-state index in [0.29, 0.717) is 30.2 Å². The maximum Gasteiger partial charge on any atom is 0.276 e. The number of hydrazine groups is 1. The second kappa shape index (κ2) is 11.4. The summed E-state index contributed by atoms with van der Waals surface area (Å²) in [5, 5.41) is 0.385. The second-order valence-electron chi connectivity index (χ2n) is 7.97. The van der Waals surface area contributed by atoms with Gasteiger partial charge in [-0.3, -0.25) is 20.4 Å². The van der Waals surface area contributed by atoms with Crippen LogP contribution in [-0.2, 0) is 9.59 Å². The first kappa shape index (κ1) is 25.0. The summed E-state index contributed by atoms with van der Waals surface area (Å²) in [7, 11) is 0. The molecule has 0 saturated carbocycles. The Bertz CT molecular complexity index is 934. The van der Waals surface area contributed by atoms with Crippen LogP contribution in [0.5, 0.6) is 11.5 Å². The van der Waals surface area contributed by atoms with E-state index in [2.05, 4.69) is 26.8 Å². The molecular weight excluding hydrogens is 484 g/mol. The van der Waals surface area contributed by atoms with Crippen molar-refractivity contribution in [2.24, 2.45) is 5.41 Å². The largest absolute Gasteiger partial charge is 0.493 e. The highest BCUT2D eigenvalue weighted by atomic mass is 79.9. The first-order valence-corrected chi connectivity index (χ1v) is 11.1. The molecule has 6 nitrogen and oxygen atoms in total. The molecule has 0 unspecified atom stereocenters. The van der Waals surface area contributed by atoms with E-state index in [0.717, 1.165) is 21.3 Å². The highest BCUT2D eigenvalue weighted by molar-refractivity contribution is 9.10. The average Bonchev–Trinajstić information content (AvgIpc) is 2.71. The minimum absolute atomic E-state index is 0.272. The number of benzene rings is 2. The van der Waals surface area contributed by atoms with E-state index in [-0.39, 0.29) is 12.5 Å². The van der Waals surface area contributed by atoms with Crippen LogP contribution in [0.15, 0.2) is 40.9 Å². The number of hydrogen-bond donors (Lipinski definition) is 2. The van der Waals surface area contributed by atoms with Crippen LogP contribution in [0.1, 0.15) is 37.8 Å². The van der Waals surface area contributed by atoms with Crippen LogP contribution in [0, 0.1) is 19.3 Å². The van der Waals surface area contributed by atoms with Gasteiger partial charge in [0.25, 0.3) is 5.91 Å². The standard InChI is InChI=1S/C23H28BrClN2O4/c1-15-6-7-16(2)20(12-15)30-11-5-10-23(3,4)22(29)27-26-21(28)14-31-19-9-8-17(24)13-18(19)25/h6-9,12-13H,5,10-11,14H2,1-4H3,(H,26,28)(H,27,29). The maximum atomic E-state index is 12.5. The molecular formula is C23H28BrClN2O4. The number of amides is 2. The fourth-order valence-corrected chi connectivity index (χ4v) is 3.47. The Morgan fingerprint density at radius 1 is 1.03 bits per heavy atom. The maximum absolute atomic E-state index is 12.5. The molecule has 0 bridgehead atoms. The summed E-state index contributed by atoms with van der Waals surface area (Å²) in [6.07, 6.45) is 1.30. The Balaban J connectivity index is 1.71. The molecule has 2 amide bonds. The smallest absolute Gasteiger partial charge is 0.276 e. The van der Waals surface area contributed by atoms with Crippen LogP contribution in [0.2, 0.25) is 5.02 Å². The molecule has 0 aliphatic carbocycles. The molecule has 2 aromatic rings. The van der Waals surface area contributed by atoms with Gasteiger partial charge in [0, 0.05) is 9.89 Å². The highest BCUT2D eigenvalue weighted by Gasteiger charge is 2.27. The SMILES string of the molecule is Cc1ccc(C)c(OCCCC(C)(C)C(=O)NNC(=O)COc2ccc(Br)cc2Cl)c1. The van der Waals surface area contributed by atoms with E-state index < -0.39 is 11.3 Å². The molecule has 2 aromatic carbocycles. The summed E-state index contributed by atoms with van der Waals surface area (Å²) >= 11 is 9.35. The normalized spacial score (nSPS) is 11.0. The molecule has 2 rings (SSSR count). The van der Waals surface area contributed by atoms with Gasteiger partial charge in [-0.25, -0.2) is 0 Å². The lowest BCUT2D eigenvalue weighted by atomic mass is 9.87. The monoisotopic (exact) mass is 510 g/mol. The predicted octanol–water partition coefficient (Wildman–Crippen LogP) is 5.13. The number of rotatable bonds is 9. The van der Waals surface area contributed by atoms with E-state index in [1.807, 2.05) is 45.9 Å². The summed E-state index contributed by atoms with van der Waals surface area (Å²) < 4.78 is 12.0. The van der Waals surface area contributed by atoms with Gasteiger partial charge in [-0.15, -0.1) is 0 Å². The zero-order valence-electron chi connectivity index (χ0n) is 18.2. The van der Waals surface area contributed by atoms with Gasteiger partial charge in [0.15, 0.2) is 6.61 Å². The van der Waals surface area contributed by atoms with E-state index in [1.54, 1.807) is 18.2 Å². The van der Waals surface area contributed by atoms with Crippen LogP contribution >= 0.6 is 27.5 Å². The Morgan fingerprint density at radius 2 is 1.77 bits per heavy atom. The molecule has 8 heteroatoms. The van der Waals surface area contributed by atoms with Gasteiger partial charge in [-0.1, -0.05) is 53.5 Å². The number of ether oxygens (including phenoxy) is 2. The van der Waals surface area contributed by atoms with Crippen molar-refractivity contribution >= 4 is 39.3 Å². The van der Waals surface area contributed by atoms with Crippen molar-refractivity contribution in [3.63, 3.8) is 0 Å². The Labute approximate surface area is 196 Å². The Morgan fingerprint density at radius 3 is 2.48 bits per heavy atom. The lowest BCUT2D eigenvalue weighted by molar-refractivity contribution is -0.135. The fraction of sp³-hybridized carbons (Fsp3) is 0.391. The van der Waals surface area contributed by atoms with Gasteiger partial charge in [0.1, 0.15) is 11.5 Å². The van der Waals surface area contributed by atoms with Gasteiger partial charge < -0.3 is 9.47 Å². The van der Waals surface area contributed by atoms with Crippen molar-refractivity contribution in [3.05, 3.63) is 57.0 Å². The molecule has 0 atom stereocenters. The second-order valence-corrected chi connectivity index (χ2v) is 9.29. The van der Waals surface area contributed by atoms with E-state index in [4.69, 9.17) is 21.1 Å². The zero-order valence-corrected chi connectivity index (χ0v) is 20.5. The van der Waals surface area contributed by atoms with Crippen LogP contribution < -0.4 is 20.3 Å². The highest BCUT2D eigenvalue weighted by Crippen LogP contribution is 2.27. The third-order valence-corrected chi connectivity index (χ3v) is 5.52. The van der Waals surface area contributed by atoms with Crippen LogP contribution in [-0.4, -0.2) is 25.0 Å². The zero-order chi connectivity index (χ0) is 23.0. The van der Waals surface area contributed by atoms with Crippen molar-refractivity contribution in [3.8, 4) is 11.5 Å². The summed E-state index contributed by atoms with van der Waals surface area (Å²) in [5.41, 5.74) is 6.38. The molecule has 0 aromatic heterocycles. The summed E-state index contributed by atoms with van der Waals surface area (Å²) in [4.78, 5) is 24.4. The third kappa shape index (κ3) is 8.07. The minimum atomic E-state index is -0.672. The number of halogens is 2. The first-order valence-electron chi connectivity index (χ1n) is 9.95. The van der Waals surface area contributed by atoms with Crippen molar-refractivity contribution in [2.75, 3.05) is 13.2 Å². The Hall–Kier alpha value is -2.25. The van der Waals surface area contributed by atoms with Gasteiger partial charge in [0.2, 0.25) is 5.91 Å². The molecule has 0 aliphatic heterocycles. The third-order valence-electron chi connectivity index (χ3n) is 4.73. The number of hydrogen-bond acceptors (Lipinski definition) is 4. The number of nitrogens with one attached hydrogen (secondary N) is 2. The number of carbonyl (C=O) groups is 2. The molecule has 168 valence electrons. The quantitative estimate of drug-likeness (QED) is 0.361. The van der Waals surface area contributed by atoms with Gasteiger partial charge in [-0.05, 0) is 62.1 Å². The topological polar surface area (TPSA) is 76.7 Å². The van der Waals surface area contributed by atoms with Crippen molar-refractivity contribution in [1.82, 2.24) is 10.9 Å². The minimum Gasteiger partial charge on any atom is -0.493 e. The molecule has 0 heterocycles.